The molecule has 0 amide bonds. The summed E-state index contributed by atoms with van der Waals surface area (Å²) in [7, 11) is -2.76. The Hall–Kier alpha value is -0.0900. The van der Waals surface area contributed by atoms with Gasteiger partial charge in [-0.25, -0.2) is 8.42 Å². The molecule has 0 aromatic rings. The molecule has 3 atom stereocenters. The summed E-state index contributed by atoms with van der Waals surface area (Å²) in [6.45, 7) is 2.93. The standard InChI is InChI=1S/C12H23NO2S/c1-2-10-5-6-11(8-10)13-9-12-4-3-7-16(12,14)15/h10-13H,2-9H2,1H3. The van der Waals surface area contributed by atoms with Crippen LogP contribution >= 0.6 is 0 Å². The van der Waals surface area contributed by atoms with E-state index in [9.17, 15) is 8.42 Å². The van der Waals surface area contributed by atoms with E-state index in [0.717, 1.165) is 18.8 Å². The average Bonchev–Trinajstić information content (AvgIpc) is 2.81. The minimum atomic E-state index is -2.76. The van der Waals surface area contributed by atoms with E-state index in [2.05, 4.69) is 12.2 Å². The fourth-order valence-electron chi connectivity index (χ4n) is 3.02. The Morgan fingerprint density at radius 2 is 2.06 bits per heavy atom. The van der Waals surface area contributed by atoms with Gasteiger partial charge in [-0.1, -0.05) is 13.3 Å². The molecule has 0 aromatic heterocycles. The minimum absolute atomic E-state index is 0.104. The highest BCUT2D eigenvalue weighted by Crippen LogP contribution is 2.28. The maximum atomic E-state index is 11.6. The monoisotopic (exact) mass is 245 g/mol. The maximum absolute atomic E-state index is 11.6. The molecule has 1 N–H and O–H groups in total. The summed E-state index contributed by atoms with van der Waals surface area (Å²) in [6.07, 6.45) is 6.76. The molecule has 2 rings (SSSR count). The van der Waals surface area contributed by atoms with E-state index in [1.165, 1.54) is 25.7 Å². The van der Waals surface area contributed by atoms with Crippen LogP contribution in [0.25, 0.3) is 0 Å². The quantitative estimate of drug-likeness (QED) is 0.820. The Kier molecular flexibility index (Phi) is 3.90. The number of hydrogen-bond donors (Lipinski definition) is 1. The van der Waals surface area contributed by atoms with Gasteiger partial charge in [-0.05, 0) is 38.0 Å². The van der Waals surface area contributed by atoms with Crippen LogP contribution in [0.3, 0.4) is 0 Å². The van der Waals surface area contributed by atoms with Crippen LogP contribution < -0.4 is 5.32 Å². The molecule has 1 heterocycles. The third kappa shape index (κ3) is 2.77. The summed E-state index contributed by atoms with van der Waals surface area (Å²) in [4.78, 5) is 0. The van der Waals surface area contributed by atoms with Gasteiger partial charge in [0.2, 0.25) is 0 Å². The Bertz CT molecular complexity index is 326. The second-order valence-corrected chi connectivity index (χ2v) is 7.72. The van der Waals surface area contributed by atoms with Crippen molar-refractivity contribution in [1.82, 2.24) is 5.32 Å². The summed E-state index contributed by atoms with van der Waals surface area (Å²) >= 11 is 0. The summed E-state index contributed by atoms with van der Waals surface area (Å²) in [5, 5.41) is 3.36. The lowest BCUT2D eigenvalue weighted by Gasteiger charge is -2.16. The molecular formula is C12H23NO2S. The van der Waals surface area contributed by atoms with Crippen molar-refractivity contribution in [2.45, 2.75) is 56.7 Å². The van der Waals surface area contributed by atoms with Crippen LogP contribution in [0.15, 0.2) is 0 Å². The van der Waals surface area contributed by atoms with Crippen LogP contribution in [0.5, 0.6) is 0 Å². The zero-order valence-electron chi connectivity index (χ0n) is 10.1. The normalized spacial score (nSPS) is 37.9. The lowest BCUT2D eigenvalue weighted by molar-refractivity contribution is 0.471. The van der Waals surface area contributed by atoms with E-state index in [0.29, 0.717) is 18.3 Å². The highest BCUT2D eigenvalue weighted by atomic mass is 32.2. The molecule has 3 unspecified atom stereocenters. The Morgan fingerprint density at radius 1 is 1.25 bits per heavy atom. The third-order valence-corrected chi connectivity index (χ3v) is 6.49. The number of hydrogen-bond acceptors (Lipinski definition) is 3. The Labute approximate surface area is 98.9 Å². The smallest absolute Gasteiger partial charge is 0.154 e. The lowest BCUT2D eigenvalue weighted by atomic mass is 10.1. The molecule has 1 aliphatic heterocycles. The summed E-state index contributed by atoms with van der Waals surface area (Å²) in [5.74, 6) is 1.26. The molecule has 2 aliphatic rings. The van der Waals surface area contributed by atoms with Gasteiger partial charge in [-0.3, -0.25) is 0 Å². The summed E-state index contributed by atoms with van der Waals surface area (Å²) in [6, 6.07) is 0.570. The maximum Gasteiger partial charge on any atom is 0.154 e. The summed E-state index contributed by atoms with van der Waals surface area (Å²) in [5.41, 5.74) is 0. The van der Waals surface area contributed by atoms with Crippen molar-refractivity contribution in [3.8, 4) is 0 Å². The number of rotatable bonds is 4. The van der Waals surface area contributed by atoms with Crippen LogP contribution in [-0.4, -0.2) is 32.0 Å². The minimum Gasteiger partial charge on any atom is -0.313 e. The van der Waals surface area contributed by atoms with Crippen molar-refractivity contribution < 1.29 is 8.42 Å². The average molecular weight is 245 g/mol. The van der Waals surface area contributed by atoms with Crippen LogP contribution in [-0.2, 0) is 9.84 Å². The predicted octanol–water partition coefficient (Wildman–Crippen LogP) is 1.73. The van der Waals surface area contributed by atoms with Gasteiger partial charge in [0.25, 0.3) is 0 Å². The molecule has 3 nitrogen and oxygen atoms in total. The molecular weight excluding hydrogens is 222 g/mol. The van der Waals surface area contributed by atoms with Crippen LogP contribution in [0.2, 0.25) is 0 Å². The molecule has 1 aliphatic carbocycles. The second kappa shape index (κ2) is 5.05. The van der Waals surface area contributed by atoms with Gasteiger partial charge in [0.15, 0.2) is 9.84 Å². The molecule has 1 saturated carbocycles. The van der Waals surface area contributed by atoms with Crippen molar-refractivity contribution in [1.29, 1.82) is 0 Å². The molecule has 94 valence electrons. The van der Waals surface area contributed by atoms with Crippen LogP contribution in [0.4, 0.5) is 0 Å². The van der Waals surface area contributed by atoms with E-state index in [1.807, 2.05) is 0 Å². The zero-order valence-corrected chi connectivity index (χ0v) is 10.9. The van der Waals surface area contributed by atoms with Gasteiger partial charge < -0.3 is 5.32 Å². The number of sulfone groups is 1. The van der Waals surface area contributed by atoms with Crippen molar-refractivity contribution in [3.63, 3.8) is 0 Å². The molecule has 0 aromatic carbocycles. The molecule has 1 saturated heterocycles. The van der Waals surface area contributed by atoms with E-state index >= 15 is 0 Å². The van der Waals surface area contributed by atoms with Crippen molar-refractivity contribution in [2.75, 3.05) is 12.3 Å². The first-order chi connectivity index (χ1) is 7.62. The molecule has 0 spiro atoms. The highest BCUT2D eigenvalue weighted by Gasteiger charge is 2.32. The largest absolute Gasteiger partial charge is 0.313 e. The summed E-state index contributed by atoms with van der Waals surface area (Å²) < 4.78 is 23.3. The highest BCUT2D eigenvalue weighted by molar-refractivity contribution is 7.92. The Balaban J connectivity index is 1.76. The van der Waals surface area contributed by atoms with Gasteiger partial charge >= 0.3 is 0 Å². The van der Waals surface area contributed by atoms with Gasteiger partial charge in [0, 0.05) is 12.6 Å². The van der Waals surface area contributed by atoms with Crippen LogP contribution in [0.1, 0.15) is 45.4 Å². The first kappa shape index (κ1) is 12.4. The predicted molar refractivity (Wildman–Crippen MR) is 66.2 cm³/mol. The molecule has 0 bridgehead atoms. The van der Waals surface area contributed by atoms with Crippen molar-refractivity contribution in [3.05, 3.63) is 0 Å². The zero-order chi connectivity index (χ0) is 11.6. The molecule has 4 heteroatoms. The van der Waals surface area contributed by atoms with E-state index in [4.69, 9.17) is 0 Å². The molecule has 0 radical (unpaired) electrons. The van der Waals surface area contributed by atoms with Crippen molar-refractivity contribution in [2.24, 2.45) is 5.92 Å². The van der Waals surface area contributed by atoms with E-state index in [1.54, 1.807) is 0 Å². The van der Waals surface area contributed by atoms with Gasteiger partial charge in [0.1, 0.15) is 0 Å². The van der Waals surface area contributed by atoms with Gasteiger partial charge in [0.05, 0.1) is 11.0 Å². The van der Waals surface area contributed by atoms with Crippen LogP contribution in [0, 0.1) is 5.92 Å². The van der Waals surface area contributed by atoms with Gasteiger partial charge in [-0.15, -0.1) is 0 Å². The Morgan fingerprint density at radius 3 is 2.62 bits per heavy atom. The molecule has 16 heavy (non-hydrogen) atoms. The lowest BCUT2D eigenvalue weighted by Crippen LogP contribution is -2.36. The van der Waals surface area contributed by atoms with E-state index in [-0.39, 0.29) is 5.25 Å². The molecule has 2 fully saturated rings. The SMILES string of the molecule is CCC1CCC(NCC2CCCS2(=O)=O)C1. The second-order valence-electron chi connectivity index (χ2n) is 5.32. The van der Waals surface area contributed by atoms with Gasteiger partial charge in [-0.2, -0.15) is 0 Å². The fourth-order valence-corrected chi connectivity index (χ4v) is 4.80. The topological polar surface area (TPSA) is 46.2 Å². The number of nitrogens with one attached hydrogen (secondary N) is 1. The first-order valence-corrected chi connectivity index (χ1v) is 8.28. The van der Waals surface area contributed by atoms with E-state index < -0.39 is 9.84 Å². The fraction of sp³-hybridized carbons (Fsp3) is 1.00. The third-order valence-electron chi connectivity index (χ3n) is 4.22. The first-order valence-electron chi connectivity index (χ1n) is 6.56. The van der Waals surface area contributed by atoms with Crippen molar-refractivity contribution >= 4 is 9.84 Å².